The van der Waals surface area contributed by atoms with Gasteiger partial charge in [-0.15, -0.1) is 0 Å². The van der Waals surface area contributed by atoms with Crippen LogP contribution in [0.5, 0.6) is 0 Å². The van der Waals surface area contributed by atoms with Crippen molar-refractivity contribution in [1.29, 1.82) is 0 Å². The van der Waals surface area contributed by atoms with Crippen molar-refractivity contribution in [3.8, 4) is 0 Å². The maximum atomic E-state index is 11.8. The monoisotopic (exact) mass is 420 g/mol. The number of ether oxygens (including phenoxy) is 2. The number of hydrogen-bond donors (Lipinski definition) is 2. The molecule has 0 saturated heterocycles. The predicted octanol–water partition coefficient (Wildman–Crippen LogP) is 3.90. The second-order valence-corrected chi connectivity index (χ2v) is 9.04. The Balaban J connectivity index is 3.26. The molecule has 0 heterocycles. The van der Waals surface area contributed by atoms with Crippen LogP contribution >= 0.6 is 21.6 Å². The van der Waals surface area contributed by atoms with E-state index >= 15 is 0 Å². The maximum absolute atomic E-state index is 11.8. The van der Waals surface area contributed by atoms with E-state index in [1.54, 1.807) is 10.8 Å². The highest BCUT2D eigenvalue weighted by Crippen LogP contribution is 2.20. The van der Waals surface area contributed by atoms with E-state index in [1.165, 1.54) is 12.8 Å². The Morgan fingerprint density at radius 2 is 2.00 bits per heavy atom. The molecule has 0 bridgehead atoms. The summed E-state index contributed by atoms with van der Waals surface area (Å²) in [6.07, 6.45) is 9.21. The van der Waals surface area contributed by atoms with Gasteiger partial charge in [0.15, 0.2) is 0 Å². The molecule has 7 heteroatoms. The molecule has 0 aliphatic carbocycles. The molecule has 0 aromatic rings. The summed E-state index contributed by atoms with van der Waals surface area (Å²) >= 11 is 0. The third kappa shape index (κ3) is 22.1. The number of carbonyl (C=O) groups excluding carboxylic acids is 1. The summed E-state index contributed by atoms with van der Waals surface area (Å²) < 4.78 is 11.1. The van der Waals surface area contributed by atoms with Crippen molar-refractivity contribution in [2.24, 2.45) is 5.92 Å². The normalized spacial score (nSPS) is 12.7. The van der Waals surface area contributed by atoms with Crippen LogP contribution in [0.1, 0.15) is 46.0 Å². The number of rotatable bonds is 21. The highest BCUT2D eigenvalue weighted by atomic mass is 33.1. The van der Waals surface area contributed by atoms with Gasteiger partial charge in [0.2, 0.25) is 0 Å². The fourth-order valence-corrected chi connectivity index (χ4v) is 3.98. The molecule has 0 amide bonds. The van der Waals surface area contributed by atoms with Crippen molar-refractivity contribution in [3.63, 3.8) is 0 Å². The van der Waals surface area contributed by atoms with Crippen LogP contribution in [0.15, 0.2) is 12.2 Å². The predicted molar refractivity (Wildman–Crippen MR) is 121 cm³/mol. The summed E-state index contributed by atoms with van der Waals surface area (Å²) in [5.74, 6) is 2.70. The summed E-state index contributed by atoms with van der Waals surface area (Å²) in [7, 11) is 5.52. The van der Waals surface area contributed by atoms with Crippen LogP contribution in [-0.2, 0) is 14.3 Å². The second kappa shape index (κ2) is 22.2. The Morgan fingerprint density at radius 1 is 1.15 bits per heavy atom. The van der Waals surface area contributed by atoms with Crippen LogP contribution in [0.3, 0.4) is 0 Å². The summed E-state index contributed by atoms with van der Waals surface area (Å²) in [5.41, 5.74) is 0. The number of ketones is 1. The molecule has 0 radical (unpaired) electrons. The summed E-state index contributed by atoms with van der Waals surface area (Å²) in [4.78, 5) is 11.8. The summed E-state index contributed by atoms with van der Waals surface area (Å²) in [6.45, 7) is 8.63. The Morgan fingerprint density at radius 3 is 2.78 bits per heavy atom. The van der Waals surface area contributed by atoms with Gasteiger partial charge in [-0.05, 0) is 32.2 Å². The first-order valence-electron chi connectivity index (χ1n) is 10.1. The number of carbonyl (C=O) groups is 1. The minimum Gasteiger partial charge on any atom is -0.376 e. The lowest BCUT2D eigenvalue weighted by molar-refractivity contribution is -0.118. The van der Waals surface area contributed by atoms with Gasteiger partial charge in [0.25, 0.3) is 0 Å². The molecule has 0 fully saturated rings. The minimum absolute atomic E-state index is 0.264. The zero-order valence-electron chi connectivity index (χ0n) is 17.5. The molecule has 0 saturated carbocycles. The van der Waals surface area contributed by atoms with Crippen molar-refractivity contribution in [3.05, 3.63) is 12.2 Å². The average molecular weight is 421 g/mol. The van der Waals surface area contributed by atoms with E-state index in [0.717, 1.165) is 44.2 Å². The molecule has 27 heavy (non-hydrogen) atoms. The first kappa shape index (κ1) is 27.0. The molecule has 0 aromatic heterocycles. The van der Waals surface area contributed by atoms with Gasteiger partial charge >= 0.3 is 0 Å². The van der Waals surface area contributed by atoms with Gasteiger partial charge in [0.05, 0.1) is 19.8 Å². The highest BCUT2D eigenvalue weighted by Gasteiger charge is 2.01. The first-order chi connectivity index (χ1) is 13.2. The van der Waals surface area contributed by atoms with Gasteiger partial charge in [-0.3, -0.25) is 4.79 Å². The molecule has 2 N–H and O–H groups in total. The van der Waals surface area contributed by atoms with Crippen LogP contribution in [0.4, 0.5) is 0 Å². The third-order valence-electron chi connectivity index (χ3n) is 3.81. The molecule has 0 spiro atoms. The lowest BCUT2D eigenvalue weighted by Crippen LogP contribution is -2.26. The fraction of sp³-hybridized carbons (Fsp3) is 0.850. The highest BCUT2D eigenvalue weighted by molar-refractivity contribution is 8.76. The largest absolute Gasteiger partial charge is 0.376 e. The fourth-order valence-electron chi connectivity index (χ4n) is 2.31. The van der Waals surface area contributed by atoms with Gasteiger partial charge in [-0.2, -0.15) is 0 Å². The first-order valence-corrected chi connectivity index (χ1v) is 12.6. The van der Waals surface area contributed by atoms with Crippen molar-refractivity contribution < 1.29 is 14.3 Å². The Labute approximate surface area is 174 Å². The van der Waals surface area contributed by atoms with E-state index in [2.05, 4.69) is 36.6 Å². The molecule has 0 aromatic carbocycles. The summed E-state index contributed by atoms with van der Waals surface area (Å²) in [5, 5.41) is 6.26. The molecule has 0 aliphatic rings. The molecule has 1 atom stereocenters. The van der Waals surface area contributed by atoms with Crippen molar-refractivity contribution in [2.45, 2.75) is 46.0 Å². The number of unbranched alkanes of at least 4 members (excludes halogenated alkanes) is 1. The number of nitrogens with one attached hydrogen (secondary N) is 2. The molecule has 0 rings (SSSR count). The zero-order chi connectivity index (χ0) is 20.0. The minimum atomic E-state index is 0.264. The quantitative estimate of drug-likeness (QED) is 0.126. The smallest absolute Gasteiger partial charge is 0.146 e. The lowest BCUT2D eigenvalue weighted by Gasteiger charge is -2.06. The van der Waals surface area contributed by atoms with E-state index in [1.807, 2.05) is 17.8 Å². The van der Waals surface area contributed by atoms with Gasteiger partial charge in [0.1, 0.15) is 11.7 Å². The maximum Gasteiger partial charge on any atom is 0.146 e. The third-order valence-corrected chi connectivity index (χ3v) is 5.90. The van der Waals surface area contributed by atoms with E-state index in [0.29, 0.717) is 32.1 Å². The van der Waals surface area contributed by atoms with Crippen molar-refractivity contribution in [1.82, 2.24) is 10.6 Å². The molecule has 0 aliphatic heterocycles. The van der Waals surface area contributed by atoms with Crippen molar-refractivity contribution >= 4 is 27.4 Å². The standard InChI is InChI=1S/C20H40N2O3S2/c1-4-8-19(2)9-7-14-24-15-11-22-17-20(23)10-5-6-13-25-18-27-26-16-12-21-3/h7,9,19,21-22H,4-6,8,10-18H2,1-3H3/b9-7+. The number of Topliss-reactive ketones (excluding diaryl/α,β-unsaturated/α-hetero) is 1. The SMILES string of the molecule is CCCC(C)/C=C/COCCNCC(=O)CCCCOCSSCCNC. The summed E-state index contributed by atoms with van der Waals surface area (Å²) in [6, 6.07) is 0. The average Bonchev–Trinajstić information content (AvgIpc) is 2.65. The molecule has 5 nitrogen and oxygen atoms in total. The molecule has 1 unspecified atom stereocenters. The van der Waals surface area contributed by atoms with Gasteiger partial charge in [-0.25, -0.2) is 0 Å². The molecular formula is C20H40N2O3S2. The topological polar surface area (TPSA) is 59.6 Å². The van der Waals surface area contributed by atoms with Crippen LogP contribution in [0.2, 0.25) is 0 Å². The lowest BCUT2D eigenvalue weighted by atomic mass is 10.1. The van der Waals surface area contributed by atoms with E-state index in [9.17, 15) is 4.79 Å². The van der Waals surface area contributed by atoms with Gasteiger partial charge in [-0.1, -0.05) is 54.0 Å². The second-order valence-electron chi connectivity index (χ2n) is 6.51. The Hall–Kier alpha value is -0.0500. The van der Waals surface area contributed by atoms with Gasteiger partial charge in [0, 0.05) is 31.9 Å². The number of hydrogen-bond acceptors (Lipinski definition) is 7. The van der Waals surface area contributed by atoms with Crippen LogP contribution in [0.25, 0.3) is 0 Å². The van der Waals surface area contributed by atoms with E-state index < -0.39 is 0 Å². The van der Waals surface area contributed by atoms with E-state index in [4.69, 9.17) is 9.47 Å². The molecule has 160 valence electrons. The van der Waals surface area contributed by atoms with Gasteiger partial charge < -0.3 is 20.1 Å². The van der Waals surface area contributed by atoms with Crippen LogP contribution in [0, 0.1) is 5.92 Å². The van der Waals surface area contributed by atoms with Crippen molar-refractivity contribution in [2.75, 3.05) is 58.2 Å². The Bertz CT molecular complexity index is 358. The number of allylic oxidation sites excluding steroid dienone is 1. The zero-order valence-corrected chi connectivity index (χ0v) is 19.1. The Kier molecular flexibility index (Phi) is 22.2. The van der Waals surface area contributed by atoms with Crippen LogP contribution in [-0.4, -0.2) is 64.0 Å². The molecular weight excluding hydrogens is 380 g/mol. The van der Waals surface area contributed by atoms with Crippen LogP contribution < -0.4 is 10.6 Å². The van der Waals surface area contributed by atoms with E-state index in [-0.39, 0.29) is 5.78 Å².